The number of carbonyl (C=O) groups excluding carboxylic acids is 1. The first-order chi connectivity index (χ1) is 10.8. The smallest absolute Gasteiger partial charge is 0.315 e. The van der Waals surface area contributed by atoms with Crippen molar-refractivity contribution in [2.75, 3.05) is 13.2 Å². The molecule has 0 spiro atoms. The molecule has 6 heteroatoms. The van der Waals surface area contributed by atoms with E-state index in [1.165, 1.54) is 0 Å². The first-order valence-electron chi connectivity index (χ1n) is 7.56. The second-order valence-corrected chi connectivity index (χ2v) is 5.25. The summed E-state index contributed by atoms with van der Waals surface area (Å²) in [5, 5.41) is 10.0. The number of carbonyl (C=O) groups is 1. The number of rotatable bonds is 5. The molecule has 0 bridgehead atoms. The summed E-state index contributed by atoms with van der Waals surface area (Å²) in [5.41, 5.74) is 1.04. The number of nitrogens with zero attached hydrogens (tertiary/aromatic N) is 2. The lowest BCUT2D eigenvalue weighted by Crippen LogP contribution is -2.40. The molecule has 2 aromatic rings. The van der Waals surface area contributed by atoms with Gasteiger partial charge in [-0.2, -0.15) is 5.10 Å². The van der Waals surface area contributed by atoms with Crippen LogP contribution in [0.15, 0.2) is 42.7 Å². The van der Waals surface area contributed by atoms with E-state index in [1.54, 1.807) is 6.20 Å². The van der Waals surface area contributed by atoms with E-state index in [0.29, 0.717) is 13.2 Å². The van der Waals surface area contributed by atoms with Gasteiger partial charge in [0, 0.05) is 37.5 Å². The number of hydrogen-bond donors (Lipinski definition) is 2. The standard InChI is InChI=1S/C16H20N4O2/c21-16(17-8-3-10-20-11-4-9-18-20)19-14-7-12-22-15-6-2-1-5-13(14)15/h1-2,4-6,9,11,14H,3,7-8,10,12H2,(H2,17,19,21). The summed E-state index contributed by atoms with van der Waals surface area (Å²) in [4.78, 5) is 12.0. The van der Waals surface area contributed by atoms with Gasteiger partial charge in [0.2, 0.25) is 0 Å². The number of fused-ring (bicyclic) bond motifs is 1. The lowest BCUT2D eigenvalue weighted by atomic mass is 10.0. The van der Waals surface area contributed by atoms with Gasteiger partial charge in [0.25, 0.3) is 0 Å². The molecular formula is C16H20N4O2. The highest BCUT2D eigenvalue weighted by Gasteiger charge is 2.22. The molecule has 0 saturated heterocycles. The van der Waals surface area contributed by atoms with Gasteiger partial charge in [0.1, 0.15) is 5.75 Å². The van der Waals surface area contributed by atoms with Crippen molar-refractivity contribution in [2.24, 2.45) is 0 Å². The minimum atomic E-state index is -0.137. The zero-order chi connectivity index (χ0) is 15.2. The number of aryl methyl sites for hydroxylation is 1. The van der Waals surface area contributed by atoms with Crippen molar-refractivity contribution >= 4 is 6.03 Å². The maximum absolute atomic E-state index is 12.0. The van der Waals surface area contributed by atoms with Crippen LogP contribution < -0.4 is 15.4 Å². The van der Waals surface area contributed by atoms with Crippen LogP contribution in [-0.2, 0) is 6.54 Å². The van der Waals surface area contributed by atoms with E-state index in [0.717, 1.165) is 30.7 Å². The van der Waals surface area contributed by atoms with Crippen molar-refractivity contribution < 1.29 is 9.53 Å². The largest absolute Gasteiger partial charge is 0.493 e. The summed E-state index contributed by atoms with van der Waals surface area (Å²) in [6.45, 7) is 2.05. The third kappa shape index (κ3) is 3.58. The Labute approximate surface area is 129 Å². The Kier molecular flexibility index (Phi) is 4.58. The molecule has 0 aliphatic carbocycles. The number of ether oxygens (including phenoxy) is 1. The average molecular weight is 300 g/mol. The van der Waals surface area contributed by atoms with Crippen LogP contribution in [0.4, 0.5) is 4.79 Å². The first-order valence-corrected chi connectivity index (χ1v) is 7.56. The molecule has 1 aliphatic rings. The Morgan fingerprint density at radius 1 is 1.36 bits per heavy atom. The normalized spacial score (nSPS) is 16.5. The Balaban J connectivity index is 1.44. The number of amides is 2. The van der Waals surface area contributed by atoms with Gasteiger partial charge in [0.15, 0.2) is 0 Å². The van der Waals surface area contributed by atoms with Crippen molar-refractivity contribution in [2.45, 2.75) is 25.4 Å². The van der Waals surface area contributed by atoms with Gasteiger partial charge in [-0.05, 0) is 18.6 Å². The predicted molar refractivity (Wildman–Crippen MR) is 82.7 cm³/mol. The molecule has 0 radical (unpaired) electrons. The molecule has 6 nitrogen and oxygen atoms in total. The number of para-hydroxylation sites is 1. The van der Waals surface area contributed by atoms with Crippen molar-refractivity contribution in [1.29, 1.82) is 0 Å². The number of benzene rings is 1. The first kappa shape index (κ1) is 14.4. The third-order valence-corrected chi connectivity index (χ3v) is 3.67. The zero-order valence-electron chi connectivity index (χ0n) is 12.4. The molecule has 2 heterocycles. The second kappa shape index (κ2) is 6.98. The van der Waals surface area contributed by atoms with Crippen LogP contribution in [0.5, 0.6) is 5.75 Å². The monoisotopic (exact) mass is 300 g/mol. The Morgan fingerprint density at radius 2 is 2.27 bits per heavy atom. The maximum Gasteiger partial charge on any atom is 0.315 e. The highest BCUT2D eigenvalue weighted by atomic mass is 16.5. The molecule has 1 unspecified atom stereocenters. The van der Waals surface area contributed by atoms with E-state index in [2.05, 4.69) is 15.7 Å². The minimum Gasteiger partial charge on any atom is -0.493 e. The summed E-state index contributed by atoms with van der Waals surface area (Å²) in [6, 6.07) is 9.60. The van der Waals surface area contributed by atoms with Gasteiger partial charge >= 0.3 is 6.03 Å². The van der Waals surface area contributed by atoms with E-state index in [4.69, 9.17) is 4.74 Å². The van der Waals surface area contributed by atoms with E-state index in [-0.39, 0.29) is 12.1 Å². The Morgan fingerprint density at radius 3 is 3.14 bits per heavy atom. The average Bonchev–Trinajstić information content (AvgIpc) is 3.05. The van der Waals surface area contributed by atoms with Crippen molar-refractivity contribution in [3.8, 4) is 5.75 Å². The highest BCUT2D eigenvalue weighted by Crippen LogP contribution is 2.31. The van der Waals surface area contributed by atoms with Gasteiger partial charge < -0.3 is 15.4 Å². The van der Waals surface area contributed by atoms with Crippen LogP contribution >= 0.6 is 0 Å². The summed E-state index contributed by atoms with van der Waals surface area (Å²) in [7, 11) is 0. The zero-order valence-corrected chi connectivity index (χ0v) is 12.4. The highest BCUT2D eigenvalue weighted by molar-refractivity contribution is 5.74. The molecule has 22 heavy (non-hydrogen) atoms. The van der Waals surface area contributed by atoms with Crippen molar-refractivity contribution in [1.82, 2.24) is 20.4 Å². The van der Waals surface area contributed by atoms with E-state index >= 15 is 0 Å². The fourth-order valence-corrected chi connectivity index (χ4v) is 2.58. The second-order valence-electron chi connectivity index (χ2n) is 5.25. The number of hydrogen-bond acceptors (Lipinski definition) is 3. The molecule has 116 valence electrons. The van der Waals surface area contributed by atoms with Crippen LogP contribution in [-0.4, -0.2) is 29.0 Å². The molecule has 2 N–H and O–H groups in total. The van der Waals surface area contributed by atoms with E-state index < -0.39 is 0 Å². The summed E-state index contributed by atoms with van der Waals surface area (Å²) in [5.74, 6) is 0.859. The molecule has 1 aliphatic heterocycles. The van der Waals surface area contributed by atoms with Crippen LogP contribution in [0.25, 0.3) is 0 Å². The fourth-order valence-electron chi connectivity index (χ4n) is 2.58. The Hall–Kier alpha value is -2.50. The summed E-state index contributed by atoms with van der Waals surface area (Å²) in [6.07, 6.45) is 5.30. The van der Waals surface area contributed by atoms with Crippen LogP contribution in [0.2, 0.25) is 0 Å². The molecule has 2 amide bonds. The van der Waals surface area contributed by atoms with Gasteiger partial charge in [-0.25, -0.2) is 4.79 Å². The minimum absolute atomic E-state index is 0.0102. The quantitative estimate of drug-likeness (QED) is 0.831. The number of aromatic nitrogens is 2. The Bertz CT molecular complexity index is 612. The fraction of sp³-hybridized carbons (Fsp3) is 0.375. The van der Waals surface area contributed by atoms with E-state index in [9.17, 15) is 4.79 Å². The summed E-state index contributed by atoms with van der Waals surface area (Å²) < 4.78 is 7.45. The summed E-state index contributed by atoms with van der Waals surface area (Å²) >= 11 is 0. The molecule has 1 aromatic carbocycles. The van der Waals surface area contributed by atoms with Crippen LogP contribution in [0, 0.1) is 0 Å². The van der Waals surface area contributed by atoms with Gasteiger partial charge in [0.05, 0.1) is 12.6 Å². The maximum atomic E-state index is 12.0. The van der Waals surface area contributed by atoms with E-state index in [1.807, 2.05) is 41.2 Å². The number of nitrogens with one attached hydrogen (secondary N) is 2. The van der Waals surface area contributed by atoms with Crippen molar-refractivity contribution in [3.05, 3.63) is 48.3 Å². The van der Waals surface area contributed by atoms with Gasteiger partial charge in [-0.1, -0.05) is 18.2 Å². The molecule has 1 atom stereocenters. The third-order valence-electron chi connectivity index (χ3n) is 3.67. The molecular weight excluding hydrogens is 280 g/mol. The lowest BCUT2D eigenvalue weighted by Gasteiger charge is -2.26. The van der Waals surface area contributed by atoms with Crippen molar-refractivity contribution in [3.63, 3.8) is 0 Å². The topological polar surface area (TPSA) is 68.2 Å². The number of urea groups is 1. The van der Waals surface area contributed by atoms with Gasteiger partial charge in [-0.15, -0.1) is 0 Å². The van der Waals surface area contributed by atoms with Crippen LogP contribution in [0.1, 0.15) is 24.4 Å². The molecule has 1 aromatic heterocycles. The van der Waals surface area contributed by atoms with Crippen LogP contribution in [0.3, 0.4) is 0 Å². The molecule has 0 saturated carbocycles. The lowest BCUT2D eigenvalue weighted by molar-refractivity contribution is 0.223. The van der Waals surface area contributed by atoms with Gasteiger partial charge in [-0.3, -0.25) is 4.68 Å². The SMILES string of the molecule is O=C(NCCCn1cccn1)NC1CCOc2ccccc21. The molecule has 3 rings (SSSR count). The predicted octanol–water partition coefficient (Wildman–Crippen LogP) is 2.10. The molecule has 0 fully saturated rings.